The minimum absolute atomic E-state index is 0.329. The Morgan fingerprint density at radius 2 is 1.45 bits per heavy atom. The minimum Gasteiger partial charge on any atom is -0.369 e. The second kappa shape index (κ2) is 7.05. The lowest BCUT2D eigenvalue weighted by atomic mass is 10.1. The maximum absolute atomic E-state index is 6.09. The van der Waals surface area contributed by atoms with Crippen LogP contribution >= 0.6 is 0 Å². The summed E-state index contributed by atoms with van der Waals surface area (Å²) in [7, 11) is 0. The summed E-state index contributed by atoms with van der Waals surface area (Å²) in [5.74, 6) is 1.17. The highest BCUT2D eigenvalue weighted by Crippen LogP contribution is 2.23. The van der Waals surface area contributed by atoms with E-state index in [1.807, 2.05) is 54.6 Å². The number of hydrogen-bond acceptors (Lipinski definition) is 6. The van der Waals surface area contributed by atoms with Crippen LogP contribution in [0.25, 0.3) is 28.1 Å². The molecule has 5 rings (SSSR count). The summed E-state index contributed by atoms with van der Waals surface area (Å²) >= 11 is 0. The Bertz CT molecular complexity index is 1280. The Morgan fingerprint density at radius 3 is 2.28 bits per heavy atom. The van der Waals surface area contributed by atoms with E-state index in [-0.39, 0.29) is 0 Å². The summed E-state index contributed by atoms with van der Waals surface area (Å²) in [6, 6.07) is 26.0. The van der Waals surface area contributed by atoms with Gasteiger partial charge in [0.25, 0.3) is 0 Å². The Kier molecular flexibility index (Phi) is 4.10. The van der Waals surface area contributed by atoms with Gasteiger partial charge in [0.15, 0.2) is 0 Å². The number of fused-ring (bicyclic) bond motifs is 1. The predicted molar refractivity (Wildman–Crippen MR) is 114 cm³/mol. The van der Waals surface area contributed by atoms with Crippen molar-refractivity contribution in [3.63, 3.8) is 0 Å². The minimum atomic E-state index is 0.329. The van der Waals surface area contributed by atoms with Gasteiger partial charge in [0.05, 0.1) is 11.0 Å². The number of nitrogens with two attached hydrogens (primary N) is 1. The number of nitrogen functional groups attached to an aromatic ring is 1. The molecule has 5 aromatic rings. The molecule has 3 aromatic carbocycles. The Morgan fingerprint density at radius 1 is 0.724 bits per heavy atom. The first-order valence-corrected chi connectivity index (χ1v) is 9.13. The van der Waals surface area contributed by atoms with Crippen LogP contribution in [0.4, 0.5) is 17.6 Å². The maximum atomic E-state index is 6.09. The van der Waals surface area contributed by atoms with Crippen molar-refractivity contribution < 1.29 is 0 Å². The lowest BCUT2D eigenvalue weighted by molar-refractivity contribution is 0.926. The molecule has 0 aliphatic rings. The van der Waals surface area contributed by atoms with Crippen molar-refractivity contribution in [2.45, 2.75) is 0 Å². The fraction of sp³-hybridized carbons (Fsp3) is 0. The van der Waals surface area contributed by atoms with Gasteiger partial charge >= 0.3 is 0 Å². The molecule has 0 spiro atoms. The van der Waals surface area contributed by atoms with Crippen molar-refractivity contribution in [1.29, 1.82) is 0 Å². The zero-order chi connectivity index (χ0) is 19.6. The number of rotatable bonds is 4. The fourth-order valence-corrected chi connectivity index (χ4v) is 3.22. The summed E-state index contributed by atoms with van der Waals surface area (Å²) in [6.07, 6.45) is 1.46. The summed E-state index contributed by atoms with van der Waals surface area (Å²) in [4.78, 5) is 17.4. The van der Waals surface area contributed by atoms with E-state index in [0.717, 1.165) is 22.3 Å². The monoisotopic (exact) mass is 379 g/mol. The molecule has 7 nitrogen and oxygen atoms in total. The number of nitrogens with one attached hydrogen (secondary N) is 1. The van der Waals surface area contributed by atoms with E-state index in [2.05, 4.69) is 49.5 Å². The molecule has 0 fully saturated rings. The zero-order valence-corrected chi connectivity index (χ0v) is 15.4. The summed E-state index contributed by atoms with van der Waals surface area (Å²) in [6.45, 7) is 0. The topological polar surface area (TPSA) is 94.5 Å². The molecule has 2 aromatic heterocycles. The second-order valence-electron chi connectivity index (χ2n) is 6.47. The largest absolute Gasteiger partial charge is 0.369 e. The first kappa shape index (κ1) is 16.9. The SMILES string of the molecule is Nc1nc2ccccc2n1-c1ncnc(Nc2ccc(-c3ccccc3)cc2)n1. The third-order valence-electron chi connectivity index (χ3n) is 4.59. The Labute approximate surface area is 166 Å². The predicted octanol–water partition coefficient (Wildman–Crippen LogP) is 4.20. The van der Waals surface area contributed by atoms with Crippen LogP contribution in [0, 0.1) is 0 Å². The van der Waals surface area contributed by atoms with E-state index < -0.39 is 0 Å². The van der Waals surface area contributed by atoms with Gasteiger partial charge in [-0.05, 0) is 35.4 Å². The van der Waals surface area contributed by atoms with Gasteiger partial charge in [-0.25, -0.2) is 19.5 Å². The number of anilines is 3. The van der Waals surface area contributed by atoms with E-state index in [1.54, 1.807) is 4.57 Å². The van der Waals surface area contributed by atoms with E-state index >= 15 is 0 Å². The highest BCUT2D eigenvalue weighted by Gasteiger charge is 2.12. The van der Waals surface area contributed by atoms with Crippen molar-refractivity contribution in [3.8, 4) is 17.1 Å². The molecule has 0 saturated carbocycles. The first-order chi connectivity index (χ1) is 14.3. The number of hydrogen-bond donors (Lipinski definition) is 2. The molecule has 3 N–H and O–H groups in total. The van der Waals surface area contributed by atoms with Crippen molar-refractivity contribution in [3.05, 3.63) is 85.2 Å². The lowest BCUT2D eigenvalue weighted by Gasteiger charge is -2.08. The summed E-state index contributed by atoms with van der Waals surface area (Å²) in [5, 5.41) is 3.22. The third kappa shape index (κ3) is 3.25. The van der Waals surface area contributed by atoms with Crippen molar-refractivity contribution in [2.24, 2.45) is 0 Å². The van der Waals surface area contributed by atoms with Crippen LogP contribution in [0.5, 0.6) is 0 Å². The van der Waals surface area contributed by atoms with Gasteiger partial charge in [0.2, 0.25) is 17.8 Å². The molecule has 0 aliphatic carbocycles. The number of nitrogens with zero attached hydrogens (tertiary/aromatic N) is 5. The molecule has 0 aliphatic heterocycles. The molecule has 0 saturated heterocycles. The van der Waals surface area contributed by atoms with Crippen molar-refractivity contribution in [2.75, 3.05) is 11.1 Å². The van der Waals surface area contributed by atoms with E-state index in [1.165, 1.54) is 11.9 Å². The van der Waals surface area contributed by atoms with Crippen LogP contribution in [0.1, 0.15) is 0 Å². The maximum Gasteiger partial charge on any atom is 0.241 e. The van der Waals surface area contributed by atoms with Crippen LogP contribution < -0.4 is 11.1 Å². The molecule has 0 radical (unpaired) electrons. The van der Waals surface area contributed by atoms with E-state index in [4.69, 9.17) is 5.73 Å². The third-order valence-corrected chi connectivity index (χ3v) is 4.59. The lowest BCUT2D eigenvalue weighted by Crippen LogP contribution is -2.08. The number of benzene rings is 3. The quantitative estimate of drug-likeness (QED) is 0.486. The van der Waals surface area contributed by atoms with Gasteiger partial charge in [-0.1, -0.05) is 54.6 Å². The summed E-state index contributed by atoms with van der Waals surface area (Å²) < 4.78 is 1.71. The molecule has 0 atom stereocenters. The molecule has 7 heteroatoms. The first-order valence-electron chi connectivity index (χ1n) is 9.13. The molecule has 29 heavy (non-hydrogen) atoms. The Balaban J connectivity index is 1.44. The van der Waals surface area contributed by atoms with Crippen LogP contribution in [0.15, 0.2) is 85.2 Å². The molecular formula is C22H17N7. The van der Waals surface area contributed by atoms with Crippen LogP contribution in [-0.2, 0) is 0 Å². The average Bonchev–Trinajstić information content (AvgIpc) is 3.11. The van der Waals surface area contributed by atoms with Gasteiger partial charge in [-0.15, -0.1) is 0 Å². The van der Waals surface area contributed by atoms with Crippen LogP contribution in [0.2, 0.25) is 0 Å². The highest BCUT2D eigenvalue weighted by atomic mass is 15.3. The molecular weight excluding hydrogens is 362 g/mol. The molecule has 2 heterocycles. The van der Waals surface area contributed by atoms with Gasteiger partial charge < -0.3 is 11.1 Å². The molecule has 0 bridgehead atoms. The molecule has 140 valence electrons. The van der Waals surface area contributed by atoms with Crippen molar-refractivity contribution in [1.82, 2.24) is 24.5 Å². The highest BCUT2D eigenvalue weighted by molar-refractivity contribution is 5.80. The van der Waals surface area contributed by atoms with Gasteiger partial charge in [0.1, 0.15) is 6.33 Å². The molecule has 0 unspecified atom stereocenters. The van der Waals surface area contributed by atoms with Crippen LogP contribution in [-0.4, -0.2) is 24.5 Å². The number of imidazole rings is 1. The molecule has 0 amide bonds. The number of para-hydroxylation sites is 2. The van der Waals surface area contributed by atoms with Gasteiger partial charge in [0, 0.05) is 5.69 Å². The van der Waals surface area contributed by atoms with E-state index in [0.29, 0.717) is 17.8 Å². The zero-order valence-electron chi connectivity index (χ0n) is 15.4. The number of aromatic nitrogens is 5. The normalized spacial score (nSPS) is 10.9. The smallest absolute Gasteiger partial charge is 0.241 e. The average molecular weight is 379 g/mol. The standard InChI is InChI=1S/C22H17N7/c23-20-27-18-8-4-5-9-19(18)29(20)22-25-14-24-21(28-22)26-17-12-10-16(11-13-17)15-6-2-1-3-7-15/h1-14H,(H2,23,27)(H,24,25,26,28). The van der Waals surface area contributed by atoms with Crippen molar-refractivity contribution >= 4 is 28.6 Å². The van der Waals surface area contributed by atoms with Gasteiger partial charge in [-0.2, -0.15) is 4.98 Å². The summed E-state index contributed by atoms with van der Waals surface area (Å²) in [5.41, 5.74) is 10.9. The van der Waals surface area contributed by atoms with Gasteiger partial charge in [-0.3, -0.25) is 0 Å². The van der Waals surface area contributed by atoms with Crippen LogP contribution in [0.3, 0.4) is 0 Å². The van der Waals surface area contributed by atoms with E-state index in [9.17, 15) is 0 Å². The Hall–Kier alpha value is -4.26. The second-order valence-corrected chi connectivity index (χ2v) is 6.47. The fourth-order valence-electron chi connectivity index (χ4n) is 3.22.